The van der Waals surface area contributed by atoms with E-state index in [1.807, 2.05) is 31.2 Å². The minimum Gasteiger partial charge on any atom is -0.494 e. The summed E-state index contributed by atoms with van der Waals surface area (Å²) in [5.41, 5.74) is 7.87. The summed E-state index contributed by atoms with van der Waals surface area (Å²) in [6.07, 6.45) is 0. The molecule has 1 aliphatic rings. The number of hydrogen-bond acceptors (Lipinski definition) is 4. The third-order valence-electron chi connectivity index (χ3n) is 3.59. The second kappa shape index (κ2) is 5.92. The first kappa shape index (κ1) is 15.4. The highest BCUT2D eigenvalue weighted by atomic mass is 32.2. The van der Waals surface area contributed by atoms with Crippen LogP contribution in [0.4, 0.5) is 0 Å². The number of ether oxygens (including phenoxy) is 1. The molecule has 23 heavy (non-hydrogen) atoms. The highest BCUT2D eigenvalue weighted by Crippen LogP contribution is 2.18. The molecule has 7 heteroatoms. The van der Waals surface area contributed by atoms with Crippen LogP contribution in [0.15, 0.2) is 53.4 Å². The van der Waals surface area contributed by atoms with Crippen LogP contribution in [0.3, 0.4) is 0 Å². The van der Waals surface area contributed by atoms with Gasteiger partial charge in [0.15, 0.2) is 0 Å². The Balaban J connectivity index is 1.84. The molecular weight excluding hydrogens is 314 g/mol. The number of nitrogens with one attached hydrogen (secondary N) is 1. The molecule has 0 fully saturated rings. The molecule has 0 spiro atoms. The van der Waals surface area contributed by atoms with Crippen LogP contribution in [0, 0.1) is 0 Å². The first-order valence-corrected chi connectivity index (χ1v) is 8.73. The molecule has 0 unspecified atom stereocenters. The molecule has 0 aromatic heterocycles. The van der Waals surface area contributed by atoms with Crippen molar-refractivity contribution in [2.75, 3.05) is 6.61 Å². The minimum absolute atomic E-state index is 0.157. The van der Waals surface area contributed by atoms with Gasteiger partial charge in [0.05, 0.1) is 17.1 Å². The van der Waals surface area contributed by atoms with E-state index in [4.69, 9.17) is 10.5 Å². The molecule has 0 amide bonds. The number of fused-ring (bicyclic) bond motifs is 1. The van der Waals surface area contributed by atoms with Gasteiger partial charge in [0.25, 0.3) is 15.9 Å². The van der Waals surface area contributed by atoms with Gasteiger partial charge in [-0.05, 0) is 37.3 Å². The number of sulfonamides is 1. The van der Waals surface area contributed by atoms with Gasteiger partial charge in [-0.15, -0.1) is 9.52 Å². The van der Waals surface area contributed by atoms with E-state index in [1.54, 1.807) is 12.1 Å². The molecule has 0 radical (unpaired) electrons. The van der Waals surface area contributed by atoms with E-state index in [1.165, 1.54) is 16.8 Å². The van der Waals surface area contributed by atoms with Crippen molar-refractivity contribution in [3.8, 4) is 5.75 Å². The third kappa shape index (κ3) is 3.00. The Kier molecular flexibility index (Phi) is 3.96. The van der Waals surface area contributed by atoms with E-state index >= 15 is 0 Å². The zero-order chi connectivity index (χ0) is 16.4. The number of hydrazone groups is 1. The normalized spacial score (nSPS) is 13.8. The van der Waals surface area contributed by atoms with Crippen LogP contribution in [0.5, 0.6) is 5.75 Å². The average Bonchev–Trinajstić information content (AvgIpc) is 2.84. The molecule has 120 valence electrons. The molecule has 2 aromatic rings. The first-order chi connectivity index (χ1) is 11.0. The smallest absolute Gasteiger partial charge is 0.299 e. The summed E-state index contributed by atoms with van der Waals surface area (Å²) in [5, 5.41) is 0. The Hall–Kier alpha value is -2.54. The van der Waals surface area contributed by atoms with Crippen molar-refractivity contribution >= 4 is 15.9 Å². The molecule has 0 atom stereocenters. The fourth-order valence-corrected chi connectivity index (χ4v) is 3.52. The van der Waals surface area contributed by atoms with Gasteiger partial charge in [0.2, 0.25) is 0 Å². The maximum atomic E-state index is 12.5. The number of hydrazine groups is 1. The maximum absolute atomic E-state index is 12.5. The number of rotatable bonds is 5. The van der Waals surface area contributed by atoms with Crippen LogP contribution in [0.2, 0.25) is 0 Å². The summed E-state index contributed by atoms with van der Waals surface area (Å²) in [5.74, 6) is 1.03. The SMILES string of the molecule is CCOc1ccc(S(=O)(=O)N[N+]2=C(N)c3ccccc3C2)cc1. The molecule has 0 saturated carbocycles. The Labute approximate surface area is 135 Å². The summed E-state index contributed by atoms with van der Waals surface area (Å²) in [6, 6.07) is 13.8. The van der Waals surface area contributed by atoms with Crippen molar-refractivity contribution in [3.05, 3.63) is 59.7 Å². The van der Waals surface area contributed by atoms with Crippen molar-refractivity contribution in [3.63, 3.8) is 0 Å². The Bertz CT molecular complexity index is 858. The van der Waals surface area contributed by atoms with Gasteiger partial charge < -0.3 is 4.74 Å². The van der Waals surface area contributed by atoms with Crippen molar-refractivity contribution < 1.29 is 17.8 Å². The maximum Gasteiger partial charge on any atom is 0.299 e. The van der Waals surface area contributed by atoms with Gasteiger partial charge in [-0.25, -0.2) is 0 Å². The number of amidine groups is 1. The zero-order valence-corrected chi connectivity index (χ0v) is 13.5. The van der Waals surface area contributed by atoms with Gasteiger partial charge >= 0.3 is 0 Å². The topological polar surface area (TPSA) is 84.4 Å². The molecule has 6 nitrogen and oxygen atoms in total. The lowest BCUT2D eigenvalue weighted by Crippen LogP contribution is -2.38. The second-order valence-electron chi connectivity index (χ2n) is 5.13. The third-order valence-corrected chi connectivity index (χ3v) is 4.94. The van der Waals surface area contributed by atoms with Crippen LogP contribution in [-0.2, 0) is 16.6 Å². The van der Waals surface area contributed by atoms with Gasteiger partial charge in [-0.1, -0.05) is 18.2 Å². The van der Waals surface area contributed by atoms with Crippen molar-refractivity contribution in [2.24, 2.45) is 5.73 Å². The van der Waals surface area contributed by atoms with Crippen molar-refractivity contribution in [1.82, 2.24) is 4.83 Å². The monoisotopic (exact) mass is 332 g/mol. The molecule has 1 heterocycles. The lowest BCUT2D eigenvalue weighted by molar-refractivity contribution is -0.576. The molecule has 1 aliphatic heterocycles. The first-order valence-electron chi connectivity index (χ1n) is 7.25. The largest absolute Gasteiger partial charge is 0.494 e. The lowest BCUT2D eigenvalue weighted by Gasteiger charge is -2.09. The van der Waals surface area contributed by atoms with Crippen LogP contribution in [0.1, 0.15) is 18.1 Å². The fraction of sp³-hybridized carbons (Fsp3) is 0.188. The Morgan fingerprint density at radius 2 is 1.87 bits per heavy atom. The van der Waals surface area contributed by atoms with E-state index in [9.17, 15) is 8.42 Å². The van der Waals surface area contributed by atoms with Crippen LogP contribution >= 0.6 is 0 Å². The van der Waals surface area contributed by atoms with Gasteiger partial charge in [0, 0.05) is 5.56 Å². The van der Waals surface area contributed by atoms with Crippen molar-refractivity contribution in [2.45, 2.75) is 18.4 Å². The summed E-state index contributed by atoms with van der Waals surface area (Å²) in [6.45, 7) is 2.80. The number of hydrogen-bond donors (Lipinski definition) is 2. The van der Waals surface area contributed by atoms with E-state index in [2.05, 4.69) is 4.83 Å². The van der Waals surface area contributed by atoms with Crippen LogP contribution in [-0.4, -0.2) is 25.5 Å². The quantitative estimate of drug-likeness (QED) is 0.806. The molecule has 0 saturated heterocycles. The zero-order valence-electron chi connectivity index (χ0n) is 12.7. The Morgan fingerprint density at radius 3 is 2.52 bits per heavy atom. The number of benzene rings is 2. The van der Waals surface area contributed by atoms with Crippen LogP contribution in [0.25, 0.3) is 0 Å². The van der Waals surface area contributed by atoms with Gasteiger partial charge in [0.1, 0.15) is 12.3 Å². The van der Waals surface area contributed by atoms with Crippen molar-refractivity contribution in [1.29, 1.82) is 0 Å². The van der Waals surface area contributed by atoms with Crippen LogP contribution < -0.4 is 15.3 Å². The highest BCUT2D eigenvalue weighted by Gasteiger charge is 2.28. The van der Waals surface area contributed by atoms with E-state index in [-0.39, 0.29) is 4.90 Å². The van der Waals surface area contributed by atoms with Gasteiger partial charge in [-0.2, -0.15) is 8.42 Å². The number of nitrogens with two attached hydrogens (primary N) is 1. The fourth-order valence-electron chi connectivity index (χ4n) is 2.47. The second-order valence-corrected chi connectivity index (χ2v) is 6.79. The molecule has 2 aromatic carbocycles. The highest BCUT2D eigenvalue weighted by molar-refractivity contribution is 7.89. The van der Waals surface area contributed by atoms with Gasteiger partial charge in [-0.3, -0.25) is 5.73 Å². The molecule has 3 N–H and O–H groups in total. The summed E-state index contributed by atoms with van der Waals surface area (Å²) in [7, 11) is -3.71. The molecule has 3 rings (SSSR count). The van der Waals surface area contributed by atoms with E-state index in [0.29, 0.717) is 24.7 Å². The minimum atomic E-state index is -3.71. The summed E-state index contributed by atoms with van der Waals surface area (Å²) < 4.78 is 31.7. The standard InChI is InChI=1S/C16H17N3O3S/c1-2-22-13-7-9-14(10-8-13)23(20,21)18-19-11-12-5-3-4-6-15(12)16(19)17/h3-10,17-18H,2,11H2,1H3/p+1. The molecule has 0 bridgehead atoms. The summed E-state index contributed by atoms with van der Waals surface area (Å²) in [4.78, 5) is 2.68. The van der Waals surface area contributed by atoms with E-state index in [0.717, 1.165) is 11.1 Å². The molecule has 0 aliphatic carbocycles. The average molecular weight is 332 g/mol. The number of nitrogens with zero attached hydrogens (tertiary/aromatic N) is 1. The van der Waals surface area contributed by atoms with E-state index < -0.39 is 10.0 Å². The molecular formula is C16H18N3O3S+. The Morgan fingerprint density at radius 1 is 1.17 bits per heavy atom. The predicted octanol–water partition coefficient (Wildman–Crippen LogP) is 1.21. The summed E-state index contributed by atoms with van der Waals surface area (Å²) >= 11 is 0. The predicted molar refractivity (Wildman–Crippen MR) is 86.6 cm³/mol. The lowest BCUT2D eigenvalue weighted by atomic mass is 10.1.